The van der Waals surface area contributed by atoms with Gasteiger partial charge in [-0.2, -0.15) is 0 Å². The van der Waals surface area contributed by atoms with Crippen molar-refractivity contribution in [3.8, 4) is 11.5 Å². The molecule has 0 spiro atoms. The van der Waals surface area contributed by atoms with E-state index in [1.807, 2.05) is 31.2 Å². The Kier molecular flexibility index (Phi) is 7.33. The maximum absolute atomic E-state index is 13.5. The zero-order chi connectivity index (χ0) is 29.0. The smallest absolute Gasteiger partial charge is 0.233 e. The lowest BCUT2D eigenvalue weighted by Crippen LogP contribution is -2.54. The van der Waals surface area contributed by atoms with Crippen molar-refractivity contribution >= 4 is 34.9 Å². The number of nitrogens with zero attached hydrogens (tertiary/aromatic N) is 3. The van der Waals surface area contributed by atoms with Crippen LogP contribution in [0, 0.1) is 16.7 Å². The van der Waals surface area contributed by atoms with Crippen molar-refractivity contribution in [2.45, 2.75) is 52.2 Å². The predicted octanol–water partition coefficient (Wildman–Crippen LogP) is 3.51. The summed E-state index contributed by atoms with van der Waals surface area (Å²) >= 11 is 5.95. The molecule has 3 heterocycles. The van der Waals surface area contributed by atoms with Crippen molar-refractivity contribution < 1.29 is 29.0 Å². The maximum atomic E-state index is 13.5. The summed E-state index contributed by atoms with van der Waals surface area (Å²) in [7, 11) is 1.59. The number of likely N-dealkylation sites (tertiary alicyclic amines) is 1. The Morgan fingerprint density at radius 3 is 2.42 bits per heavy atom. The zero-order valence-electron chi connectivity index (χ0n) is 23.5. The van der Waals surface area contributed by atoms with Crippen LogP contribution in [0.25, 0.3) is 0 Å². The van der Waals surface area contributed by atoms with Crippen LogP contribution in [0.3, 0.4) is 0 Å². The van der Waals surface area contributed by atoms with Gasteiger partial charge in [-0.25, -0.2) is 4.98 Å². The predicted molar refractivity (Wildman–Crippen MR) is 150 cm³/mol. The molecule has 10 heteroatoms. The van der Waals surface area contributed by atoms with Gasteiger partial charge in [0.25, 0.3) is 0 Å². The average molecular weight is 570 g/mol. The van der Waals surface area contributed by atoms with E-state index in [1.54, 1.807) is 45.0 Å². The molecule has 1 aromatic carbocycles. The van der Waals surface area contributed by atoms with E-state index in [9.17, 15) is 19.5 Å². The van der Waals surface area contributed by atoms with Crippen molar-refractivity contribution in [3.63, 3.8) is 0 Å². The van der Waals surface area contributed by atoms with E-state index in [0.29, 0.717) is 36.2 Å². The topological polar surface area (TPSA) is 109 Å². The quantitative estimate of drug-likeness (QED) is 0.505. The van der Waals surface area contributed by atoms with Crippen LogP contribution in [0.1, 0.15) is 45.6 Å². The van der Waals surface area contributed by atoms with E-state index < -0.39 is 22.9 Å². The standard InChI is InChI=1S/C30H36ClN3O6/c1-17(35)30(4)16-34(28(38)21-11-25(36)29(2,3)27(21)37)15-22(30)18-6-8-23(39-5)24(10-18)40-20-13-33(14-20)26-9-7-19(31)12-32-26/h6-10,12,17,20-22,35H,11,13-16H2,1-5H3/t17-,21+,22+,30+/m1/s1. The molecule has 1 N–H and O–H groups in total. The summed E-state index contributed by atoms with van der Waals surface area (Å²) in [6, 6.07) is 9.38. The molecular formula is C30H36ClN3O6. The number of benzene rings is 1. The number of rotatable bonds is 7. The normalized spacial score (nSPS) is 27.1. The molecule has 3 fully saturated rings. The van der Waals surface area contributed by atoms with Crippen LogP contribution in [0.4, 0.5) is 5.82 Å². The highest BCUT2D eigenvalue weighted by Crippen LogP contribution is 2.48. The van der Waals surface area contributed by atoms with Crippen molar-refractivity contribution in [1.82, 2.24) is 9.88 Å². The Balaban J connectivity index is 1.34. The number of aliphatic hydroxyl groups is 1. The second kappa shape index (κ2) is 10.3. The first-order valence-electron chi connectivity index (χ1n) is 13.6. The number of anilines is 1. The number of methoxy groups -OCH3 is 1. The number of aliphatic hydroxyl groups excluding tert-OH is 1. The molecule has 214 valence electrons. The molecule has 2 aliphatic heterocycles. The lowest BCUT2D eigenvalue weighted by Gasteiger charge is -2.40. The molecule has 4 atom stereocenters. The summed E-state index contributed by atoms with van der Waals surface area (Å²) in [5.41, 5.74) is -0.911. The Morgan fingerprint density at radius 2 is 1.85 bits per heavy atom. The summed E-state index contributed by atoms with van der Waals surface area (Å²) < 4.78 is 11.9. The van der Waals surface area contributed by atoms with Gasteiger partial charge in [0.2, 0.25) is 5.91 Å². The number of carbonyl (C=O) groups excluding carboxylic acids is 3. The first kappa shape index (κ1) is 28.4. The van der Waals surface area contributed by atoms with Gasteiger partial charge in [-0.05, 0) is 50.6 Å². The Morgan fingerprint density at radius 1 is 1.12 bits per heavy atom. The Labute approximate surface area is 239 Å². The number of Topliss-reactive ketones (excluding diaryl/α,β-unsaturated/α-hetero) is 2. The fourth-order valence-corrected chi connectivity index (χ4v) is 6.17. The van der Waals surface area contributed by atoms with Crippen LogP contribution < -0.4 is 14.4 Å². The molecule has 0 unspecified atom stereocenters. The third-order valence-electron chi connectivity index (χ3n) is 9.08. The van der Waals surface area contributed by atoms with Crippen molar-refractivity contribution in [2.24, 2.45) is 16.7 Å². The molecule has 2 aromatic rings. The molecule has 5 rings (SSSR count). The number of ether oxygens (including phenoxy) is 2. The highest BCUT2D eigenvalue weighted by atomic mass is 35.5. The van der Waals surface area contributed by atoms with Gasteiger partial charge in [0.05, 0.1) is 36.7 Å². The van der Waals surface area contributed by atoms with E-state index in [4.69, 9.17) is 21.1 Å². The molecule has 1 aromatic heterocycles. The minimum absolute atomic E-state index is 0.0678. The number of hydrogen-bond donors (Lipinski definition) is 1. The van der Waals surface area contributed by atoms with Gasteiger partial charge >= 0.3 is 0 Å². The van der Waals surface area contributed by atoms with Crippen LogP contribution in [-0.2, 0) is 14.4 Å². The van der Waals surface area contributed by atoms with Crippen molar-refractivity contribution in [2.75, 3.05) is 38.2 Å². The Bertz CT molecular complexity index is 1320. The maximum Gasteiger partial charge on any atom is 0.233 e. The van der Waals surface area contributed by atoms with Gasteiger partial charge in [-0.15, -0.1) is 0 Å². The summed E-state index contributed by atoms with van der Waals surface area (Å²) in [5, 5.41) is 11.5. The van der Waals surface area contributed by atoms with E-state index in [2.05, 4.69) is 9.88 Å². The molecule has 40 heavy (non-hydrogen) atoms. The van der Waals surface area contributed by atoms with Crippen molar-refractivity contribution in [3.05, 3.63) is 47.1 Å². The molecule has 1 aliphatic carbocycles. The number of aromatic nitrogens is 1. The molecule has 0 radical (unpaired) electrons. The largest absolute Gasteiger partial charge is 0.493 e. The van der Waals surface area contributed by atoms with Gasteiger partial charge < -0.3 is 24.4 Å². The zero-order valence-corrected chi connectivity index (χ0v) is 24.3. The van der Waals surface area contributed by atoms with Gasteiger partial charge in [0.1, 0.15) is 23.6 Å². The molecular weight excluding hydrogens is 534 g/mol. The second-order valence-corrected chi connectivity index (χ2v) is 12.4. The van der Waals surface area contributed by atoms with Crippen molar-refractivity contribution in [1.29, 1.82) is 0 Å². The number of hydrogen-bond acceptors (Lipinski definition) is 8. The van der Waals surface area contributed by atoms with Gasteiger partial charge in [0, 0.05) is 37.0 Å². The number of pyridine rings is 1. The van der Waals surface area contributed by atoms with E-state index >= 15 is 0 Å². The lowest BCUT2D eigenvalue weighted by molar-refractivity contribution is -0.141. The highest BCUT2D eigenvalue weighted by molar-refractivity contribution is 6.30. The fraction of sp³-hybridized carbons (Fsp3) is 0.533. The molecule has 1 amide bonds. The van der Waals surface area contributed by atoms with Gasteiger partial charge in [-0.3, -0.25) is 14.4 Å². The molecule has 2 saturated heterocycles. The summed E-state index contributed by atoms with van der Waals surface area (Å²) in [6.45, 7) is 8.77. The van der Waals surface area contributed by atoms with Crippen LogP contribution >= 0.6 is 11.6 Å². The summed E-state index contributed by atoms with van der Waals surface area (Å²) in [6.07, 6.45) is 0.752. The van der Waals surface area contributed by atoms with E-state index in [1.165, 1.54) is 0 Å². The Hall–Kier alpha value is -3.17. The monoisotopic (exact) mass is 569 g/mol. The first-order valence-corrected chi connectivity index (χ1v) is 14.0. The number of halogens is 1. The second-order valence-electron chi connectivity index (χ2n) is 12.0. The molecule has 0 bridgehead atoms. The van der Waals surface area contributed by atoms with E-state index in [-0.39, 0.29) is 42.5 Å². The first-order chi connectivity index (χ1) is 18.8. The minimum atomic E-state index is -1.14. The third-order valence-corrected chi connectivity index (χ3v) is 9.30. The number of carbonyl (C=O) groups is 3. The highest BCUT2D eigenvalue weighted by Gasteiger charge is 2.55. The number of amides is 1. The molecule has 1 saturated carbocycles. The SMILES string of the molecule is COc1ccc([C@@H]2CN(C(=O)[C@H]3CC(=O)C(C)(C)C3=O)C[C@@]2(C)[C@@H](C)O)cc1OC1CN(c2ccc(Cl)cn2)C1. The van der Waals surface area contributed by atoms with Crippen LogP contribution in [0.15, 0.2) is 36.5 Å². The van der Waals surface area contributed by atoms with E-state index in [0.717, 1.165) is 11.4 Å². The lowest BCUT2D eigenvalue weighted by atomic mass is 9.72. The van der Waals surface area contributed by atoms with Gasteiger partial charge in [-0.1, -0.05) is 24.6 Å². The summed E-state index contributed by atoms with van der Waals surface area (Å²) in [5.74, 6) is -0.0464. The van der Waals surface area contributed by atoms with Crippen LogP contribution in [0.5, 0.6) is 11.5 Å². The minimum Gasteiger partial charge on any atom is -0.493 e. The number of ketones is 2. The van der Waals surface area contributed by atoms with Crippen LogP contribution in [0.2, 0.25) is 5.02 Å². The fourth-order valence-electron chi connectivity index (χ4n) is 6.05. The van der Waals surface area contributed by atoms with Gasteiger partial charge in [0.15, 0.2) is 17.3 Å². The summed E-state index contributed by atoms with van der Waals surface area (Å²) in [4.78, 5) is 46.9. The average Bonchev–Trinajstić information content (AvgIpc) is 3.36. The molecule has 9 nitrogen and oxygen atoms in total. The van der Waals surface area contributed by atoms with Crippen LogP contribution in [-0.4, -0.2) is 78.0 Å². The third kappa shape index (κ3) is 4.83. The molecule has 3 aliphatic rings.